The van der Waals surface area contributed by atoms with Gasteiger partial charge < -0.3 is 29.1 Å². The van der Waals surface area contributed by atoms with Crippen molar-refractivity contribution >= 4 is 35.0 Å². The van der Waals surface area contributed by atoms with E-state index in [9.17, 15) is 24.3 Å². The number of Topliss-reactive ketones (excluding diaryl/α,β-unsaturated/α-hetero) is 2. The van der Waals surface area contributed by atoms with E-state index in [1.807, 2.05) is 0 Å². The van der Waals surface area contributed by atoms with Crippen molar-refractivity contribution in [3.63, 3.8) is 0 Å². The van der Waals surface area contributed by atoms with E-state index in [4.69, 9.17) is 30.2 Å². The number of hydrogen-bond donors (Lipinski definition) is 2. The van der Waals surface area contributed by atoms with Crippen LogP contribution in [0.3, 0.4) is 0 Å². The minimum Gasteiger partial charge on any atom is -0.496 e. The third kappa shape index (κ3) is 3.85. The summed E-state index contributed by atoms with van der Waals surface area (Å²) in [6.45, 7) is 1.71. The molecule has 6 rings (SSSR count). The predicted molar refractivity (Wildman–Crippen MR) is 145 cm³/mol. The van der Waals surface area contributed by atoms with Crippen molar-refractivity contribution in [1.29, 1.82) is 0 Å². The number of rotatable bonds is 5. The highest BCUT2D eigenvalue weighted by Crippen LogP contribution is 2.55. The Labute approximate surface area is 238 Å². The molecule has 2 aliphatic heterocycles. The molecular formula is C30H24ClNO9. The summed E-state index contributed by atoms with van der Waals surface area (Å²) in [6, 6.07) is 11.0. The topological polar surface area (TPSA) is 141 Å². The molecule has 2 N–H and O–H groups in total. The van der Waals surface area contributed by atoms with Gasteiger partial charge in [-0.1, -0.05) is 30.7 Å². The molecule has 3 aliphatic rings. The Morgan fingerprint density at radius 3 is 2.39 bits per heavy atom. The van der Waals surface area contributed by atoms with Crippen molar-refractivity contribution < 1.29 is 42.9 Å². The van der Waals surface area contributed by atoms with Crippen LogP contribution in [0.1, 0.15) is 52.2 Å². The quantitative estimate of drug-likeness (QED) is 0.409. The van der Waals surface area contributed by atoms with Gasteiger partial charge in [-0.25, -0.2) is 4.79 Å². The number of allylic oxidation sites excluding steroid dienone is 1. The van der Waals surface area contributed by atoms with Gasteiger partial charge in [0.15, 0.2) is 5.75 Å². The molecule has 41 heavy (non-hydrogen) atoms. The molecule has 1 aromatic heterocycles. The van der Waals surface area contributed by atoms with Crippen molar-refractivity contribution in [3.8, 4) is 28.6 Å². The number of hydrogen-bond acceptors (Lipinski definition) is 8. The predicted octanol–water partition coefficient (Wildman–Crippen LogP) is 4.80. The van der Waals surface area contributed by atoms with Crippen LogP contribution in [-0.2, 0) is 9.59 Å². The van der Waals surface area contributed by atoms with Crippen molar-refractivity contribution in [2.45, 2.75) is 31.3 Å². The average Bonchev–Trinajstić information content (AvgIpc) is 3.56. The number of fused-ring (bicyclic) bond motifs is 1. The van der Waals surface area contributed by atoms with E-state index < -0.39 is 35.0 Å². The second kappa shape index (κ2) is 9.52. The molecule has 2 aromatic carbocycles. The van der Waals surface area contributed by atoms with E-state index in [2.05, 4.69) is 5.32 Å². The molecule has 0 saturated heterocycles. The monoisotopic (exact) mass is 577 g/mol. The molecule has 11 heteroatoms. The maximum Gasteiger partial charge on any atom is 0.335 e. The zero-order valence-corrected chi connectivity index (χ0v) is 23.0. The summed E-state index contributed by atoms with van der Waals surface area (Å²) in [7, 11) is 2.81. The minimum absolute atomic E-state index is 0.0126. The first-order chi connectivity index (χ1) is 19.6. The lowest BCUT2D eigenvalue weighted by Crippen LogP contribution is -2.59. The van der Waals surface area contributed by atoms with E-state index in [0.29, 0.717) is 22.8 Å². The lowest BCUT2D eigenvalue weighted by Gasteiger charge is -2.41. The molecule has 0 bridgehead atoms. The minimum atomic E-state index is -1.92. The summed E-state index contributed by atoms with van der Waals surface area (Å²) in [6.07, 6.45) is 0.101. The van der Waals surface area contributed by atoms with Crippen molar-refractivity contribution in [2.24, 2.45) is 5.92 Å². The van der Waals surface area contributed by atoms with Crippen LogP contribution in [0.4, 0.5) is 0 Å². The number of nitrogens with one attached hydrogen (secondary N) is 1. The largest absolute Gasteiger partial charge is 0.496 e. The van der Waals surface area contributed by atoms with Crippen molar-refractivity contribution in [3.05, 3.63) is 75.6 Å². The molecule has 3 atom stereocenters. The Balaban J connectivity index is 1.42. The fourth-order valence-corrected chi connectivity index (χ4v) is 6.17. The first-order valence-electron chi connectivity index (χ1n) is 12.8. The maximum absolute atomic E-state index is 14.4. The summed E-state index contributed by atoms with van der Waals surface area (Å²) in [5.74, 6) is -2.75. The van der Waals surface area contributed by atoms with Crippen LogP contribution in [0.15, 0.2) is 58.2 Å². The maximum atomic E-state index is 14.4. The van der Waals surface area contributed by atoms with E-state index in [1.165, 1.54) is 32.4 Å². The fourth-order valence-electron chi connectivity index (χ4n) is 5.91. The van der Waals surface area contributed by atoms with Gasteiger partial charge in [-0.3, -0.25) is 14.4 Å². The molecule has 0 unspecified atom stereocenters. The number of carboxylic acids is 1. The molecule has 0 fully saturated rings. The van der Waals surface area contributed by atoms with Crippen LogP contribution in [0.25, 0.3) is 11.3 Å². The molecule has 0 radical (unpaired) electrons. The van der Waals surface area contributed by atoms with Crippen LogP contribution < -0.4 is 19.5 Å². The third-order valence-corrected chi connectivity index (χ3v) is 8.30. The summed E-state index contributed by atoms with van der Waals surface area (Å²) in [4.78, 5) is 52.5. The number of amides is 1. The number of furan rings is 1. The van der Waals surface area contributed by atoms with E-state index >= 15 is 0 Å². The second-order valence-electron chi connectivity index (χ2n) is 10.2. The van der Waals surface area contributed by atoms with Gasteiger partial charge in [0.05, 0.1) is 25.7 Å². The zero-order chi connectivity index (χ0) is 29.2. The highest BCUT2D eigenvalue weighted by Gasteiger charge is 2.63. The van der Waals surface area contributed by atoms with Crippen LogP contribution in [0.2, 0.25) is 5.02 Å². The second-order valence-corrected chi connectivity index (χ2v) is 10.6. The Morgan fingerprint density at radius 2 is 1.73 bits per heavy atom. The number of halogens is 1. The van der Waals surface area contributed by atoms with E-state index in [1.54, 1.807) is 31.2 Å². The molecular weight excluding hydrogens is 554 g/mol. The zero-order valence-electron chi connectivity index (χ0n) is 22.2. The van der Waals surface area contributed by atoms with Crippen LogP contribution in [0.5, 0.6) is 17.2 Å². The smallest absolute Gasteiger partial charge is 0.335 e. The number of ketones is 2. The fraction of sp³-hybridized carbons (Fsp3) is 0.267. The number of carbonyl (C=O) groups excluding carboxylic acids is 3. The number of ether oxygens (including phenoxy) is 3. The number of carbonyl (C=O) groups is 4. The molecule has 0 saturated carbocycles. The summed E-state index contributed by atoms with van der Waals surface area (Å²) < 4.78 is 23.1. The van der Waals surface area contributed by atoms with Gasteiger partial charge in [0.2, 0.25) is 23.1 Å². The lowest BCUT2D eigenvalue weighted by molar-refractivity contribution is -0.131. The molecule has 1 amide bonds. The molecule has 1 aliphatic carbocycles. The van der Waals surface area contributed by atoms with Gasteiger partial charge in [-0.05, 0) is 30.7 Å². The van der Waals surface area contributed by atoms with Gasteiger partial charge in [0.25, 0.3) is 0 Å². The van der Waals surface area contributed by atoms with Gasteiger partial charge >= 0.3 is 5.97 Å². The van der Waals surface area contributed by atoms with Crippen LogP contribution in [0, 0.1) is 5.92 Å². The normalized spacial score (nSPS) is 23.2. The number of carboxylic acid groups (broad SMARTS) is 1. The van der Waals surface area contributed by atoms with Gasteiger partial charge in [0.1, 0.15) is 33.6 Å². The Morgan fingerprint density at radius 1 is 1.02 bits per heavy atom. The molecule has 210 valence electrons. The molecule has 10 nitrogen and oxygen atoms in total. The Kier molecular flexibility index (Phi) is 6.18. The van der Waals surface area contributed by atoms with Gasteiger partial charge in [0, 0.05) is 35.2 Å². The van der Waals surface area contributed by atoms with Crippen molar-refractivity contribution in [2.75, 3.05) is 14.2 Å². The van der Waals surface area contributed by atoms with E-state index in [-0.39, 0.29) is 57.7 Å². The summed E-state index contributed by atoms with van der Waals surface area (Å²) in [5, 5.41) is 12.0. The summed E-state index contributed by atoms with van der Waals surface area (Å²) >= 11 is 6.53. The SMILES string of the molecule is COc1cc(OC)c2c(c1Cl)O[C@@]1(C(=O)C3=C(C[C@H]1C)NC(=O)C[C@@H]3c1ccc(-c3ccc(C(=O)O)cc3)o1)C2=O. The average molecular weight is 578 g/mol. The van der Waals surface area contributed by atoms with Crippen molar-refractivity contribution in [1.82, 2.24) is 5.32 Å². The first kappa shape index (κ1) is 26.6. The molecule has 3 heterocycles. The molecule has 1 spiro atoms. The van der Waals surface area contributed by atoms with Crippen LogP contribution >= 0.6 is 11.6 Å². The highest BCUT2D eigenvalue weighted by atomic mass is 35.5. The van der Waals surface area contributed by atoms with Gasteiger partial charge in [-0.15, -0.1) is 0 Å². The number of methoxy groups -OCH3 is 2. The van der Waals surface area contributed by atoms with E-state index in [0.717, 1.165) is 0 Å². The number of aromatic carboxylic acids is 1. The number of benzene rings is 2. The first-order valence-corrected chi connectivity index (χ1v) is 13.2. The Hall–Kier alpha value is -4.57. The lowest BCUT2D eigenvalue weighted by atomic mass is 9.67. The molecule has 3 aromatic rings. The van der Waals surface area contributed by atoms with Crippen LogP contribution in [-0.4, -0.2) is 48.4 Å². The Bertz CT molecular complexity index is 1690. The standard InChI is InChI=1S/C30H24ClNO9/c1-13-10-17-23(27(34)30(13)28(35)24-20(38-2)12-21(39-3)25(31)26(24)41-30)16(11-22(33)32-17)19-9-8-18(40-19)14-4-6-15(7-5-14)29(36)37/h4-9,12-13,16H,10-11H2,1-3H3,(H,32,33)(H,36,37)/t13-,16-,30+/m1/s1. The highest BCUT2D eigenvalue weighted by molar-refractivity contribution is 6.36. The summed E-state index contributed by atoms with van der Waals surface area (Å²) in [5.41, 5.74) is -0.468. The third-order valence-electron chi connectivity index (χ3n) is 7.94. The van der Waals surface area contributed by atoms with Gasteiger partial charge in [-0.2, -0.15) is 0 Å².